The molecule has 2 aromatic heterocycles. The van der Waals surface area contributed by atoms with Crippen molar-refractivity contribution in [3.05, 3.63) is 51.8 Å². The van der Waals surface area contributed by atoms with E-state index in [1.165, 1.54) is 23.1 Å². The standard InChI is InChI=1S/C12H15N4O7P/c17-8-1-3-16(12(20)14-8)11-10(19)9(18)7(23-11)5-22-24(21)15-4-2-13-6-15/h1-4,6-7,9-11,18-19,21H,5H2,(H,14,17,20). The fraction of sp³-hybridized carbons (Fsp3) is 0.417. The maximum Gasteiger partial charge on any atom is 0.330 e. The molecule has 3 rings (SSSR count). The van der Waals surface area contributed by atoms with Crippen LogP contribution in [0, 0.1) is 0 Å². The van der Waals surface area contributed by atoms with E-state index in [-0.39, 0.29) is 6.61 Å². The normalized spacial score (nSPS) is 28.1. The highest BCUT2D eigenvalue weighted by atomic mass is 31.2. The van der Waals surface area contributed by atoms with Crippen molar-refractivity contribution < 1.29 is 24.4 Å². The number of ether oxygens (including phenoxy) is 1. The van der Waals surface area contributed by atoms with Gasteiger partial charge in [-0.05, 0) is 0 Å². The molecule has 0 aliphatic carbocycles. The Hall–Kier alpha value is -1.88. The summed E-state index contributed by atoms with van der Waals surface area (Å²) in [7, 11) is -2.00. The van der Waals surface area contributed by atoms with Crippen molar-refractivity contribution >= 4 is 8.53 Å². The van der Waals surface area contributed by atoms with Crippen LogP contribution in [0.25, 0.3) is 0 Å². The van der Waals surface area contributed by atoms with Gasteiger partial charge in [0, 0.05) is 24.7 Å². The fourth-order valence-corrected chi connectivity index (χ4v) is 3.02. The van der Waals surface area contributed by atoms with Crippen LogP contribution in [0.1, 0.15) is 6.23 Å². The summed E-state index contributed by atoms with van der Waals surface area (Å²) < 4.78 is 13.0. The van der Waals surface area contributed by atoms with Crippen LogP contribution < -0.4 is 11.2 Å². The Bertz CT molecular complexity index is 791. The molecule has 12 heteroatoms. The van der Waals surface area contributed by atoms with Crippen LogP contribution in [0.2, 0.25) is 0 Å². The lowest BCUT2D eigenvalue weighted by Gasteiger charge is -2.17. The molecule has 4 N–H and O–H groups in total. The predicted octanol–water partition coefficient (Wildman–Crippen LogP) is -1.86. The minimum Gasteiger partial charge on any atom is -0.387 e. The zero-order chi connectivity index (χ0) is 17.3. The lowest BCUT2D eigenvalue weighted by Crippen LogP contribution is -2.37. The highest BCUT2D eigenvalue weighted by molar-refractivity contribution is 7.44. The number of hydrogen-bond acceptors (Lipinski definition) is 8. The van der Waals surface area contributed by atoms with Crippen LogP contribution >= 0.6 is 8.53 Å². The highest BCUT2D eigenvalue weighted by Crippen LogP contribution is 2.35. The Morgan fingerprint density at radius 2 is 2.12 bits per heavy atom. The third-order valence-corrected chi connectivity index (χ3v) is 4.52. The van der Waals surface area contributed by atoms with Crippen molar-refractivity contribution in [1.82, 2.24) is 18.9 Å². The summed E-state index contributed by atoms with van der Waals surface area (Å²) >= 11 is 0. The van der Waals surface area contributed by atoms with Crippen molar-refractivity contribution in [2.45, 2.75) is 24.5 Å². The molecule has 0 amide bonds. The number of hydrogen-bond donors (Lipinski definition) is 4. The van der Waals surface area contributed by atoms with Crippen LogP contribution in [-0.4, -0.2) is 58.9 Å². The van der Waals surface area contributed by atoms with Crippen molar-refractivity contribution in [3.63, 3.8) is 0 Å². The Morgan fingerprint density at radius 1 is 1.33 bits per heavy atom. The minimum atomic E-state index is -2.00. The van der Waals surface area contributed by atoms with Gasteiger partial charge in [0.1, 0.15) is 24.6 Å². The predicted molar refractivity (Wildman–Crippen MR) is 80.0 cm³/mol. The molecule has 130 valence electrons. The lowest BCUT2D eigenvalue weighted by atomic mass is 10.1. The summed E-state index contributed by atoms with van der Waals surface area (Å²) in [5.41, 5.74) is -1.36. The molecule has 0 saturated carbocycles. The van der Waals surface area contributed by atoms with Crippen LogP contribution in [0.4, 0.5) is 0 Å². The molecule has 0 aromatic carbocycles. The summed E-state index contributed by atoms with van der Waals surface area (Å²) in [5.74, 6) is 0. The Labute approximate surface area is 135 Å². The maximum absolute atomic E-state index is 11.8. The van der Waals surface area contributed by atoms with Crippen LogP contribution in [0.3, 0.4) is 0 Å². The topological polar surface area (TPSA) is 152 Å². The average Bonchev–Trinajstić information content (AvgIpc) is 3.17. The minimum absolute atomic E-state index is 0.215. The van der Waals surface area contributed by atoms with Crippen LogP contribution in [0.15, 0.2) is 40.6 Å². The van der Waals surface area contributed by atoms with Gasteiger partial charge < -0.3 is 24.4 Å². The van der Waals surface area contributed by atoms with Gasteiger partial charge in [0.15, 0.2) is 6.23 Å². The first kappa shape index (κ1) is 17.0. The molecule has 0 bridgehead atoms. The Kier molecular flexibility index (Phi) is 4.90. The Balaban J connectivity index is 1.68. The van der Waals surface area contributed by atoms with E-state index in [1.54, 1.807) is 0 Å². The molecule has 3 heterocycles. The number of aromatic amines is 1. The van der Waals surface area contributed by atoms with Gasteiger partial charge in [0.2, 0.25) is 0 Å². The summed E-state index contributed by atoms with van der Waals surface area (Å²) in [6.07, 6.45) is 0.624. The van der Waals surface area contributed by atoms with Gasteiger partial charge in [0.25, 0.3) is 14.1 Å². The third-order valence-electron chi connectivity index (χ3n) is 3.50. The molecule has 24 heavy (non-hydrogen) atoms. The van der Waals surface area contributed by atoms with Crippen molar-refractivity contribution in [2.75, 3.05) is 6.61 Å². The largest absolute Gasteiger partial charge is 0.387 e. The van der Waals surface area contributed by atoms with Gasteiger partial charge in [-0.15, -0.1) is 0 Å². The molecule has 5 unspecified atom stereocenters. The second kappa shape index (κ2) is 6.93. The number of imidazole rings is 1. The van der Waals surface area contributed by atoms with Crippen molar-refractivity contribution in [2.24, 2.45) is 0 Å². The first-order chi connectivity index (χ1) is 11.5. The highest BCUT2D eigenvalue weighted by Gasteiger charge is 2.44. The number of aliphatic hydroxyl groups is 2. The van der Waals surface area contributed by atoms with E-state index in [1.807, 2.05) is 4.98 Å². The van der Waals surface area contributed by atoms with E-state index in [4.69, 9.17) is 9.26 Å². The molecule has 1 fully saturated rings. The SMILES string of the molecule is O=c1ccn(C2OC(COP(O)n3ccnc3)C(O)C2O)c(=O)[nH]1. The molecule has 1 saturated heterocycles. The molecular formula is C12H15N4O7P. The molecule has 0 spiro atoms. The summed E-state index contributed by atoms with van der Waals surface area (Å²) in [6, 6.07) is 1.10. The molecule has 11 nitrogen and oxygen atoms in total. The number of aromatic nitrogens is 4. The van der Waals surface area contributed by atoms with Crippen molar-refractivity contribution in [1.29, 1.82) is 0 Å². The van der Waals surface area contributed by atoms with Gasteiger partial charge in [-0.1, -0.05) is 0 Å². The van der Waals surface area contributed by atoms with E-state index in [9.17, 15) is 24.7 Å². The Morgan fingerprint density at radius 3 is 2.79 bits per heavy atom. The summed E-state index contributed by atoms with van der Waals surface area (Å²) in [6.45, 7) is -0.215. The molecule has 1 aliphatic rings. The summed E-state index contributed by atoms with van der Waals surface area (Å²) in [5, 5.41) is 20.1. The molecule has 1 aliphatic heterocycles. The average molecular weight is 358 g/mol. The monoisotopic (exact) mass is 358 g/mol. The van der Waals surface area contributed by atoms with Gasteiger partial charge >= 0.3 is 5.69 Å². The number of rotatable bonds is 5. The molecule has 2 aromatic rings. The van der Waals surface area contributed by atoms with Gasteiger partial charge in [0.05, 0.1) is 6.61 Å². The number of nitrogens with zero attached hydrogens (tertiary/aromatic N) is 3. The summed E-state index contributed by atoms with van der Waals surface area (Å²) in [4.78, 5) is 38.5. The molecule has 0 radical (unpaired) electrons. The van der Waals surface area contributed by atoms with E-state index in [0.717, 1.165) is 16.8 Å². The van der Waals surface area contributed by atoms with Crippen LogP contribution in [0.5, 0.6) is 0 Å². The first-order valence-electron chi connectivity index (χ1n) is 6.90. The van der Waals surface area contributed by atoms with Crippen molar-refractivity contribution in [3.8, 4) is 0 Å². The number of nitrogens with one attached hydrogen (secondary N) is 1. The van der Waals surface area contributed by atoms with Gasteiger partial charge in [-0.3, -0.25) is 18.7 Å². The van der Waals surface area contributed by atoms with Gasteiger partial charge in [-0.25, -0.2) is 9.78 Å². The second-order valence-corrected chi connectivity index (χ2v) is 6.28. The van der Waals surface area contributed by atoms with Crippen LogP contribution in [-0.2, 0) is 9.26 Å². The zero-order valence-corrected chi connectivity index (χ0v) is 13.1. The van der Waals surface area contributed by atoms with Gasteiger partial charge in [-0.2, -0.15) is 0 Å². The second-order valence-electron chi connectivity index (χ2n) is 5.05. The number of aliphatic hydroxyl groups excluding tert-OH is 2. The number of H-pyrrole nitrogens is 1. The lowest BCUT2D eigenvalue weighted by molar-refractivity contribution is -0.0515. The third kappa shape index (κ3) is 3.31. The maximum atomic E-state index is 11.8. The van der Waals surface area contributed by atoms with E-state index >= 15 is 0 Å². The first-order valence-corrected chi connectivity index (χ1v) is 8.07. The van der Waals surface area contributed by atoms with E-state index in [2.05, 4.69) is 4.98 Å². The smallest absolute Gasteiger partial charge is 0.330 e. The van der Waals surface area contributed by atoms with E-state index < -0.39 is 44.3 Å². The quantitative estimate of drug-likeness (QED) is 0.454. The molecule has 5 atom stereocenters. The van der Waals surface area contributed by atoms with E-state index in [0.29, 0.717) is 0 Å². The zero-order valence-electron chi connectivity index (χ0n) is 12.2. The fourth-order valence-electron chi connectivity index (χ4n) is 2.28. The molecular weight excluding hydrogens is 343 g/mol.